The maximum Gasteiger partial charge on any atom is 0.165 e. The van der Waals surface area contributed by atoms with Crippen molar-refractivity contribution < 1.29 is 4.79 Å². The molecule has 1 N–H and O–H groups in total. The van der Waals surface area contributed by atoms with Crippen LogP contribution in [0, 0.1) is 0 Å². The van der Waals surface area contributed by atoms with E-state index in [2.05, 4.69) is 5.32 Å². The predicted molar refractivity (Wildman–Crippen MR) is 28.9 cm³/mol. The van der Waals surface area contributed by atoms with E-state index in [4.69, 9.17) is 0 Å². The molecule has 0 aromatic carbocycles. The molecule has 0 rings (SSSR count). The molecule has 0 fully saturated rings. The zero-order chi connectivity index (χ0) is 5.70. The molecule has 0 aromatic rings. The lowest BCUT2D eigenvalue weighted by molar-refractivity contribution is -0.105. The van der Waals surface area contributed by atoms with Crippen LogP contribution in [0.3, 0.4) is 0 Å². The maximum atomic E-state index is 9.84. The van der Waals surface area contributed by atoms with Crippen LogP contribution in [0.2, 0.25) is 0 Å². The van der Waals surface area contributed by atoms with Gasteiger partial charge in [0.25, 0.3) is 0 Å². The lowest BCUT2D eigenvalue weighted by Gasteiger charge is -1.90. The van der Waals surface area contributed by atoms with Crippen LogP contribution in [0.25, 0.3) is 0 Å². The zero-order valence-corrected chi connectivity index (χ0v) is 4.56. The number of rotatable bonds is 2. The van der Waals surface area contributed by atoms with Crippen LogP contribution in [-0.4, -0.2) is 13.3 Å². The van der Waals surface area contributed by atoms with Gasteiger partial charge >= 0.3 is 0 Å². The van der Waals surface area contributed by atoms with Gasteiger partial charge in [0.05, 0.1) is 5.70 Å². The highest BCUT2D eigenvalue weighted by Gasteiger charge is 1.79. The Morgan fingerprint density at radius 1 is 1.71 bits per heavy atom. The van der Waals surface area contributed by atoms with E-state index >= 15 is 0 Å². The summed E-state index contributed by atoms with van der Waals surface area (Å²) in [4.78, 5) is 9.84. The van der Waals surface area contributed by atoms with Crippen molar-refractivity contribution in [1.29, 1.82) is 0 Å². The minimum Gasteiger partial charge on any atom is -0.386 e. The van der Waals surface area contributed by atoms with Crippen molar-refractivity contribution >= 4 is 6.29 Å². The molecule has 0 unspecified atom stereocenters. The van der Waals surface area contributed by atoms with Crippen molar-refractivity contribution in [3.05, 3.63) is 11.8 Å². The van der Waals surface area contributed by atoms with E-state index in [1.165, 1.54) is 0 Å². The number of likely N-dealkylation sites (N-methyl/N-ethyl adjacent to an activating group) is 1. The zero-order valence-electron chi connectivity index (χ0n) is 4.56. The number of hydrogen-bond acceptors (Lipinski definition) is 2. The lowest BCUT2D eigenvalue weighted by Crippen LogP contribution is -2.05. The molecule has 7 heavy (non-hydrogen) atoms. The van der Waals surface area contributed by atoms with Gasteiger partial charge in [0.1, 0.15) is 0 Å². The third-order valence-corrected chi connectivity index (χ3v) is 0.727. The maximum absolute atomic E-state index is 9.84. The molecule has 2 nitrogen and oxygen atoms in total. The van der Waals surface area contributed by atoms with Gasteiger partial charge in [-0.1, -0.05) is 6.08 Å². The van der Waals surface area contributed by atoms with Crippen LogP contribution in [0.1, 0.15) is 6.92 Å². The van der Waals surface area contributed by atoms with Crippen LogP contribution in [0.15, 0.2) is 11.8 Å². The van der Waals surface area contributed by atoms with E-state index in [0.29, 0.717) is 5.70 Å². The Morgan fingerprint density at radius 2 is 2.29 bits per heavy atom. The van der Waals surface area contributed by atoms with Crippen molar-refractivity contribution in [3.8, 4) is 0 Å². The van der Waals surface area contributed by atoms with Gasteiger partial charge in [0.15, 0.2) is 6.29 Å². The van der Waals surface area contributed by atoms with E-state index in [1.54, 1.807) is 20.0 Å². The summed E-state index contributed by atoms with van der Waals surface area (Å²) in [5.41, 5.74) is 0.625. The van der Waals surface area contributed by atoms with Crippen LogP contribution in [0.5, 0.6) is 0 Å². The molecule has 0 radical (unpaired) electrons. The molecule has 0 aromatic heterocycles. The minimum atomic E-state index is 0.625. The first-order valence-electron chi connectivity index (χ1n) is 2.14. The summed E-state index contributed by atoms with van der Waals surface area (Å²) in [5, 5.41) is 2.69. The first-order chi connectivity index (χ1) is 3.35. The number of hydrogen-bond donors (Lipinski definition) is 1. The minimum absolute atomic E-state index is 0.625. The van der Waals surface area contributed by atoms with Crippen molar-refractivity contribution in [2.24, 2.45) is 0 Å². The molecule has 0 saturated heterocycles. The predicted octanol–water partition coefficient (Wildman–Crippen LogP) is 0.309. The van der Waals surface area contributed by atoms with Crippen molar-refractivity contribution in [3.63, 3.8) is 0 Å². The normalized spacial score (nSPS) is 10.9. The SMILES string of the molecule is CC=C(C=O)NC. The third-order valence-electron chi connectivity index (χ3n) is 0.727. The van der Waals surface area contributed by atoms with Gasteiger partial charge in [-0.05, 0) is 6.92 Å². The van der Waals surface area contributed by atoms with Crippen molar-refractivity contribution in [1.82, 2.24) is 5.32 Å². The molecule has 0 bridgehead atoms. The Kier molecular flexibility index (Phi) is 3.02. The third kappa shape index (κ3) is 1.98. The fourth-order valence-electron chi connectivity index (χ4n) is 0.271. The molecule has 0 heterocycles. The average molecular weight is 99.1 g/mol. The summed E-state index contributed by atoms with van der Waals surface area (Å²) >= 11 is 0. The number of carbonyl (C=O) groups excluding carboxylic acids is 1. The van der Waals surface area contributed by atoms with E-state index in [-0.39, 0.29) is 0 Å². The molecule has 0 aliphatic heterocycles. The first-order valence-corrected chi connectivity index (χ1v) is 2.14. The quantitative estimate of drug-likeness (QED) is 0.398. The van der Waals surface area contributed by atoms with Gasteiger partial charge in [-0.3, -0.25) is 4.79 Å². The second kappa shape index (κ2) is 3.40. The van der Waals surface area contributed by atoms with Crippen LogP contribution < -0.4 is 5.32 Å². The van der Waals surface area contributed by atoms with Crippen molar-refractivity contribution in [2.45, 2.75) is 6.92 Å². The molecule has 0 aliphatic rings. The van der Waals surface area contributed by atoms with Gasteiger partial charge in [0.2, 0.25) is 0 Å². The van der Waals surface area contributed by atoms with Crippen LogP contribution >= 0.6 is 0 Å². The second-order valence-corrected chi connectivity index (χ2v) is 1.11. The summed E-state index contributed by atoms with van der Waals surface area (Å²) in [6.45, 7) is 1.81. The molecule has 0 amide bonds. The summed E-state index contributed by atoms with van der Waals surface area (Å²) in [5.74, 6) is 0. The summed E-state index contributed by atoms with van der Waals surface area (Å²) < 4.78 is 0. The average Bonchev–Trinajstić information content (AvgIpc) is 1.72. The van der Waals surface area contributed by atoms with E-state index in [1.807, 2.05) is 0 Å². The topological polar surface area (TPSA) is 29.1 Å². The Balaban J connectivity index is 3.60. The lowest BCUT2D eigenvalue weighted by atomic mass is 10.4. The molecule has 0 saturated carbocycles. The van der Waals surface area contributed by atoms with Gasteiger partial charge in [0, 0.05) is 7.05 Å². The van der Waals surface area contributed by atoms with Gasteiger partial charge in [-0.2, -0.15) is 0 Å². The van der Waals surface area contributed by atoms with Gasteiger partial charge in [-0.25, -0.2) is 0 Å². The summed E-state index contributed by atoms with van der Waals surface area (Å²) in [6, 6.07) is 0. The first kappa shape index (κ1) is 6.21. The Labute approximate surface area is 43.2 Å². The largest absolute Gasteiger partial charge is 0.386 e. The number of nitrogens with one attached hydrogen (secondary N) is 1. The highest BCUT2D eigenvalue weighted by molar-refractivity contribution is 5.71. The Morgan fingerprint density at radius 3 is 2.29 bits per heavy atom. The molecule has 2 heteroatoms. The number of aldehydes is 1. The Hall–Kier alpha value is -0.790. The van der Waals surface area contributed by atoms with E-state index in [0.717, 1.165) is 6.29 Å². The molecule has 40 valence electrons. The van der Waals surface area contributed by atoms with Crippen molar-refractivity contribution in [2.75, 3.05) is 7.05 Å². The van der Waals surface area contributed by atoms with Gasteiger partial charge < -0.3 is 5.32 Å². The summed E-state index contributed by atoms with van der Waals surface area (Å²) in [6.07, 6.45) is 2.49. The Bertz CT molecular complexity index is 86.1. The molecule has 0 spiro atoms. The fraction of sp³-hybridized carbons (Fsp3) is 0.400. The molecular weight excluding hydrogens is 90.1 g/mol. The standard InChI is InChI=1S/C5H9NO/c1-3-5(4-7)6-2/h3-4,6H,1-2H3. The van der Waals surface area contributed by atoms with E-state index in [9.17, 15) is 4.79 Å². The number of carbonyl (C=O) groups is 1. The summed E-state index contributed by atoms with van der Waals surface area (Å²) in [7, 11) is 1.71. The monoisotopic (exact) mass is 99.1 g/mol. The highest BCUT2D eigenvalue weighted by atomic mass is 16.1. The van der Waals surface area contributed by atoms with Gasteiger partial charge in [-0.15, -0.1) is 0 Å². The second-order valence-electron chi connectivity index (χ2n) is 1.11. The van der Waals surface area contributed by atoms with Crippen LogP contribution in [0.4, 0.5) is 0 Å². The molecular formula is C5H9NO. The molecule has 0 atom stereocenters. The smallest absolute Gasteiger partial charge is 0.165 e. The highest BCUT2D eigenvalue weighted by Crippen LogP contribution is 1.75. The van der Waals surface area contributed by atoms with E-state index < -0.39 is 0 Å². The number of allylic oxidation sites excluding steroid dienone is 2. The molecule has 0 aliphatic carbocycles. The fourth-order valence-corrected chi connectivity index (χ4v) is 0.271. The van der Waals surface area contributed by atoms with Crippen LogP contribution in [-0.2, 0) is 4.79 Å².